The highest BCUT2D eigenvalue weighted by molar-refractivity contribution is 9.43. The van der Waals surface area contributed by atoms with Crippen molar-refractivity contribution in [3.63, 3.8) is 0 Å². The maximum absolute atomic E-state index is 11.8. The Kier molecular flexibility index (Phi) is 36.2. The Morgan fingerprint density at radius 3 is 0.431 bits per heavy atom. The first-order valence-electron chi connectivity index (χ1n) is 13.2. The van der Waals surface area contributed by atoms with Crippen LogP contribution in [0.2, 0.25) is 0 Å². The van der Waals surface area contributed by atoms with E-state index in [2.05, 4.69) is 653 Å². The van der Waals surface area contributed by atoms with Gasteiger partial charge in [0.1, 0.15) is 55.0 Å². The molecule has 0 saturated heterocycles. The standard InChI is InChI=1S/C20HBr41O3S/c21-1(22,3(25,26)5(29,30)7(33,34)9(37,38)11(41,42)13(45,46)15(49,50)17(53,54)19(57,58)59)2(23,24)4(27,28)6(31,32)8(35,36)10(39,40)12(43,44)14(47,48)16(51,52)18(55,56)20(60,61)64-65(62)63/h(H,62,63)/p-1. The van der Waals surface area contributed by atoms with E-state index in [-0.39, 0.29) is 0 Å². The topological polar surface area (TPSA) is 49.4 Å². The molecule has 3 nitrogen and oxygen atoms in total. The van der Waals surface area contributed by atoms with E-state index in [4.69, 9.17) is 4.18 Å². The molecule has 0 aliphatic carbocycles. The van der Waals surface area contributed by atoms with E-state index in [0.717, 1.165) is 0 Å². The molecule has 0 amide bonds. The van der Waals surface area contributed by atoms with Gasteiger partial charge in [0, 0.05) is 0 Å². The lowest BCUT2D eigenvalue weighted by Crippen LogP contribution is -2.74. The molecular formula is C20Br41O3S-. The van der Waals surface area contributed by atoms with E-state index in [1.165, 1.54) is 0 Å². The number of hydrogen-bond acceptors (Lipinski definition) is 3. The number of halogens is 41. The van der Waals surface area contributed by atoms with Crippen LogP contribution in [-0.2, 0) is 15.5 Å². The van der Waals surface area contributed by atoms with Crippen LogP contribution < -0.4 is 0 Å². The Hall–Kier alpha value is 19.8. The summed E-state index contributed by atoms with van der Waals surface area (Å²) in [5, 5.41) is 0. The van der Waals surface area contributed by atoms with Crippen molar-refractivity contribution in [3.8, 4) is 0 Å². The molecule has 0 aromatic rings. The molecule has 0 aromatic heterocycles. The van der Waals surface area contributed by atoms with Crippen molar-refractivity contribution < 1.29 is 12.9 Å². The SMILES string of the molecule is O=S([O-])OC(Br)(Br)C(Br)(Br)C(Br)(Br)C(Br)(Br)C(Br)(Br)C(Br)(Br)C(Br)(Br)C(Br)(Br)C(Br)(Br)C(Br)(Br)C(Br)(Br)C(Br)(Br)C(Br)(Br)C(Br)(Br)C(Br)(Br)C(Br)(Br)C(Br)(Br)C(Br)(Br)C(Br)(Br)C(Br)(Br)Br. The van der Waals surface area contributed by atoms with Gasteiger partial charge in [0.15, 0.2) is 5.38 Å². The molecule has 0 fully saturated rings. The van der Waals surface area contributed by atoms with Crippen molar-refractivity contribution in [1.29, 1.82) is 0 Å². The molecule has 0 aliphatic heterocycles. The van der Waals surface area contributed by atoms with Gasteiger partial charge in [-0.25, -0.2) is 4.21 Å². The molecule has 0 radical (unpaired) electrons. The fraction of sp³-hybridized carbons (Fsp3) is 1.00. The first-order valence-corrected chi connectivity index (χ1v) is 46.7. The zero-order valence-electron chi connectivity index (χ0n) is 27.1. The average molecular weight is 3600 g/mol. The van der Waals surface area contributed by atoms with Crippen LogP contribution in [0.15, 0.2) is 0 Å². The Labute approximate surface area is 722 Å². The third-order valence-electron chi connectivity index (χ3n) is 7.60. The summed E-state index contributed by atoms with van der Waals surface area (Å²) in [6, 6.07) is 0. The fourth-order valence-corrected chi connectivity index (χ4v) is 46.3. The van der Waals surface area contributed by atoms with E-state index in [1.807, 2.05) is 0 Å². The van der Waals surface area contributed by atoms with Crippen molar-refractivity contribution in [2.24, 2.45) is 0 Å². The third-order valence-corrected chi connectivity index (χ3v) is 96.0. The van der Waals surface area contributed by atoms with Gasteiger partial charge in [-0.2, -0.15) is 0 Å². The summed E-state index contributed by atoms with van der Waals surface area (Å²) in [6.07, 6.45) is 0. The summed E-state index contributed by atoms with van der Waals surface area (Å²) in [6.45, 7) is 0. The molecule has 0 spiro atoms. The Bertz CT molecular complexity index is 1770. The van der Waals surface area contributed by atoms with Gasteiger partial charge in [0.2, 0.25) is 3.42 Å². The van der Waals surface area contributed by atoms with E-state index in [0.29, 0.717) is 0 Å². The molecule has 392 valence electrons. The minimum atomic E-state index is -2.99. The Morgan fingerprint density at radius 2 is 0.323 bits per heavy atom. The lowest BCUT2D eigenvalue weighted by Gasteiger charge is -2.62. The maximum Gasteiger partial charge on any atom is 0.219 e. The molecule has 1 unspecified atom stereocenters. The molecule has 1 atom stereocenters. The molecular weight excluding hydrogens is 3600 g/mol. The van der Waals surface area contributed by atoms with Gasteiger partial charge in [0.25, 0.3) is 0 Å². The summed E-state index contributed by atoms with van der Waals surface area (Å²) >= 11 is 156. The van der Waals surface area contributed by atoms with E-state index in [1.54, 1.807) is 0 Å². The molecule has 0 heterocycles. The van der Waals surface area contributed by atoms with Crippen LogP contribution in [0.4, 0.5) is 0 Å². The Balaban J connectivity index is 8.00. The van der Waals surface area contributed by atoms with E-state index in [9.17, 15) is 8.76 Å². The smallest absolute Gasteiger partial charge is 0.219 e. The fourth-order valence-electron chi connectivity index (χ4n) is 3.65. The van der Waals surface area contributed by atoms with Gasteiger partial charge in [-0.05, 0) is 31.9 Å². The van der Waals surface area contributed by atoms with Crippen molar-refractivity contribution in [3.05, 3.63) is 0 Å². The summed E-state index contributed by atoms with van der Waals surface area (Å²) in [5.74, 6) is 0. The van der Waals surface area contributed by atoms with Crippen LogP contribution in [-0.4, -0.2) is 72.5 Å². The predicted molar refractivity (Wildman–Crippen MR) is 431 cm³/mol. The maximum atomic E-state index is 11.8. The second kappa shape index (κ2) is 27.8. The van der Waals surface area contributed by atoms with Gasteiger partial charge >= 0.3 is 0 Å². The summed E-state index contributed by atoms with van der Waals surface area (Å²) < 4.78 is 0.560. The molecule has 0 aromatic carbocycles. The molecule has 0 bridgehead atoms. The normalized spacial score (nSPS) is 17.8. The third kappa shape index (κ3) is 14.6. The predicted octanol–water partition coefficient (Wildman–Crippen LogP) is 29.8. The zero-order chi connectivity index (χ0) is 54.3. The van der Waals surface area contributed by atoms with Crippen molar-refractivity contribution in [1.82, 2.24) is 0 Å². The Morgan fingerprint density at radius 1 is 0.215 bits per heavy atom. The average Bonchev–Trinajstić information content (AvgIpc) is 3.05. The monoisotopic (exact) mass is 3560 g/mol. The van der Waals surface area contributed by atoms with Crippen molar-refractivity contribution in [2.45, 2.75) is 63.8 Å². The second-order valence-electron chi connectivity index (χ2n) is 11.6. The number of alkyl halides is 41. The highest BCUT2D eigenvalue weighted by Gasteiger charge is 2.85. The van der Waals surface area contributed by atoms with E-state index >= 15 is 0 Å². The zero-order valence-corrected chi connectivity index (χ0v) is 93.0. The van der Waals surface area contributed by atoms with Crippen molar-refractivity contribution in [2.75, 3.05) is 0 Å². The van der Waals surface area contributed by atoms with Crippen LogP contribution in [0, 0.1) is 0 Å². The summed E-state index contributed by atoms with van der Waals surface area (Å²) in [7, 11) is 0. The van der Waals surface area contributed by atoms with Crippen LogP contribution in [0.5, 0.6) is 0 Å². The van der Waals surface area contributed by atoms with Crippen LogP contribution in [0.1, 0.15) is 0 Å². The van der Waals surface area contributed by atoms with Gasteiger partial charge in [0.05, 0.1) is 11.4 Å². The highest BCUT2D eigenvalue weighted by Crippen LogP contribution is 2.85. The summed E-state index contributed by atoms with van der Waals surface area (Å²) in [4.78, 5) is 0. The van der Waals surface area contributed by atoms with Gasteiger partial charge in [-0.15, -0.1) is 0 Å². The molecule has 0 N–H and O–H groups in total. The van der Waals surface area contributed by atoms with Gasteiger partial charge in [-0.3, -0.25) is 4.18 Å². The lowest BCUT2D eigenvalue weighted by atomic mass is 10.0. The lowest BCUT2D eigenvalue weighted by molar-refractivity contribution is 0.247. The molecule has 0 saturated carbocycles. The molecule has 45 heteroatoms. The number of hydrogen-bond donors (Lipinski definition) is 0. The first kappa shape index (κ1) is 84.8. The number of rotatable bonds is 20. The summed E-state index contributed by atoms with van der Waals surface area (Å²) in [5.41, 5.74) is 0. The van der Waals surface area contributed by atoms with Crippen LogP contribution in [0.3, 0.4) is 0 Å². The molecule has 65 heavy (non-hydrogen) atoms. The highest BCUT2D eigenvalue weighted by atomic mass is 80.0. The van der Waals surface area contributed by atoms with Crippen LogP contribution >= 0.6 is 653 Å². The quantitative estimate of drug-likeness (QED) is 0.0902. The molecule has 0 rings (SSSR count). The largest absolute Gasteiger partial charge is 0.750 e. The van der Waals surface area contributed by atoms with E-state index < -0.39 is 75.1 Å². The second-order valence-corrected chi connectivity index (χ2v) is 84.3. The van der Waals surface area contributed by atoms with Crippen LogP contribution in [0.25, 0.3) is 0 Å². The first-order chi connectivity index (χ1) is 27.2. The minimum Gasteiger partial charge on any atom is -0.750 e. The minimum absolute atomic E-state index is 0.947. The van der Waals surface area contributed by atoms with Crippen molar-refractivity contribution >= 4 is 664 Å². The molecule has 0 aliphatic rings. The van der Waals surface area contributed by atoms with Gasteiger partial charge in [-0.1, -0.05) is 621 Å². The van der Waals surface area contributed by atoms with Gasteiger partial charge < -0.3 is 4.55 Å².